The van der Waals surface area contributed by atoms with Gasteiger partial charge in [-0.15, -0.1) is 0 Å². The van der Waals surface area contributed by atoms with E-state index in [0.717, 1.165) is 18.8 Å². The lowest BCUT2D eigenvalue weighted by Gasteiger charge is -2.37. The average Bonchev–Trinajstić information content (AvgIpc) is 2.72. The molecule has 2 amide bonds. The van der Waals surface area contributed by atoms with E-state index in [-0.39, 0.29) is 18.4 Å². The van der Waals surface area contributed by atoms with Gasteiger partial charge in [-0.25, -0.2) is 0 Å². The Kier molecular flexibility index (Phi) is 5.72. The number of hydrogen-bond donors (Lipinski definition) is 0. The molecular formula is C21H22N4O2. The second-order valence-electron chi connectivity index (χ2n) is 6.47. The summed E-state index contributed by atoms with van der Waals surface area (Å²) in [5.74, 6) is -0.266. The molecule has 0 saturated carbocycles. The third-order valence-electron chi connectivity index (χ3n) is 4.74. The van der Waals surface area contributed by atoms with Crippen LogP contribution in [0.3, 0.4) is 0 Å². The van der Waals surface area contributed by atoms with Gasteiger partial charge in [-0.05, 0) is 36.4 Å². The van der Waals surface area contributed by atoms with Crippen molar-refractivity contribution in [2.24, 2.45) is 0 Å². The van der Waals surface area contributed by atoms with Gasteiger partial charge < -0.3 is 14.7 Å². The van der Waals surface area contributed by atoms with Gasteiger partial charge in [0.15, 0.2) is 0 Å². The Hall–Kier alpha value is -3.33. The summed E-state index contributed by atoms with van der Waals surface area (Å²) in [5.41, 5.74) is 2.30. The van der Waals surface area contributed by atoms with Gasteiger partial charge in [0.05, 0.1) is 11.6 Å². The predicted octanol–water partition coefficient (Wildman–Crippen LogP) is 2.26. The van der Waals surface area contributed by atoms with E-state index in [0.29, 0.717) is 24.3 Å². The van der Waals surface area contributed by atoms with E-state index in [2.05, 4.69) is 17.0 Å². The maximum Gasteiger partial charge on any atom is 0.242 e. The molecule has 27 heavy (non-hydrogen) atoms. The molecule has 0 radical (unpaired) electrons. The molecule has 1 aliphatic heterocycles. The number of hydrogen-bond acceptors (Lipinski definition) is 4. The van der Waals surface area contributed by atoms with Crippen LogP contribution in [0, 0.1) is 11.3 Å². The summed E-state index contributed by atoms with van der Waals surface area (Å²) in [6.07, 6.45) is 0. The summed E-state index contributed by atoms with van der Waals surface area (Å²) in [4.78, 5) is 30.3. The van der Waals surface area contributed by atoms with Crippen molar-refractivity contribution in [3.8, 4) is 6.07 Å². The molecule has 1 aliphatic rings. The summed E-state index contributed by atoms with van der Waals surface area (Å²) in [5, 5.41) is 8.90. The summed E-state index contributed by atoms with van der Waals surface area (Å²) >= 11 is 0. The Balaban J connectivity index is 1.61. The molecule has 0 bridgehead atoms. The summed E-state index contributed by atoms with van der Waals surface area (Å²) in [6, 6.07) is 18.9. The van der Waals surface area contributed by atoms with Crippen LogP contribution in [-0.4, -0.2) is 49.4 Å². The molecule has 1 saturated heterocycles. The highest BCUT2D eigenvalue weighted by Crippen LogP contribution is 2.18. The molecule has 0 atom stereocenters. The summed E-state index contributed by atoms with van der Waals surface area (Å²) in [7, 11) is 0. The lowest BCUT2D eigenvalue weighted by Crippen LogP contribution is -2.51. The normalized spacial score (nSPS) is 13.8. The molecule has 0 unspecified atom stereocenters. The average molecular weight is 362 g/mol. The van der Waals surface area contributed by atoms with Crippen LogP contribution in [0.1, 0.15) is 12.5 Å². The fourth-order valence-electron chi connectivity index (χ4n) is 3.19. The van der Waals surface area contributed by atoms with Crippen LogP contribution in [0.4, 0.5) is 11.4 Å². The number of carbonyl (C=O) groups excluding carboxylic acids is 2. The van der Waals surface area contributed by atoms with E-state index >= 15 is 0 Å². The third-order valence-corrected chi connectivity index (χ3v) is 4.74. The smallest absolute Gasteiger partial charge is 0.242 e. The Labute approximate surface area is 159 Å². The molecule has 3 rings (SSSR count). The number of carbonyl (C=O) groups is 2. The van der Waals surface area contributed by atoms with Gasteiger partial charge in [0, 0.05) is 44.5 Å². The minimum atomic E-state index is -0.198. The first-order valence-corrected chi connectivity index (χ1v) is 8.94. The molecular weight excluding hydrogens is 340 g/mol. The number of para-hydroxylation sites is 1. The number of amides is 2. The minimum absolute atomic E-state index is 0.00652. The van der Waals surface area contributed by atoms with E-state index in [9.17, 15) is 9.59 Å². The Morgan fingerprint density at radius 3 is 2.19 bits per heavy atom. The van der Waals surface area contributed by atoms with Crippen LogP contribution in [0.2, 0.25) is 0 Å². The van der Waals surface area contributed by atoms with Crippen LogP contribution in [0.25, 0.3) is 0 Å². The van der Waals surface area contributed by atoms with Gasteiger partial charge in [0.1, 0.15) is 6.54 Å². The second kappa shape index (κ2) is 8.37. The maximum absolute atomic E-state index is 12.7. The van der Waals surface area contributed by atoms with Crippen molar-refractivity contribution in [3.63, 3.8) is 0 Å². The number of piperazine rings is 1. The van der Waals surface area contributed by atoms with Crippen molar-refractivity contribution in [2.45, 2.75) is 6.92 Å². The van der Waals surface area contributed by atoms with Crippen molar-refractivity contribution in [2.75, 3.05) is 42.5 Å². The molecule has 6 heteroatoms. The molecule has 2 aromatic rings. The standard InChI is InChI=1S/C21H22N4O2/c1-17(26)25(20-9-7-18(15-22)8-10-20)16-21(27)24-13-11-23(12-14-24)19-5-3-2-4-6-19/h2-10H,11-14,16H2,1H3. The molecule has 2 aromatic carbocycles. The Morgan fingerprint density at radius 1 is 1.00 bits per heavy atom. The van der Waals surface area contributed by atoms with Crippen LogP contribution in [0.5, 0.6) is 0 Å². The lowest BCUT2D eigenvalue weighted by atomic mass is 10.2. The van der Waals surface area contributed by atoms with Crippen molar-refractivity contribution < 1.29 is 9.59 Å². The molecule has 1 fully saturated rings. The van der Waals surface area contributed by atoms with E-state index in [1.165, 1.54) is 11.8 Å². The number of nitriles is 1. The van der Waals surface area contributed by atoms with Crippen molar-refractivity contribution in [3.05, 3.63) is 60.2 Å². The van der Waals surface area contributed by atoms with Crippen LogP contribution in [-0.2, 0) is 9.59 Å². The monoisotopic (exact) mass is 362 g/mol. The SMILES string of the molecule is CC(=O)N(CC(=O)N1CCN(c2ccccc2)CC1)c1ccc(C#N)cc1. The van der Waals surface area contributed by atoms with Gasteiger partial charge in [0.25, 0.3) is 0 Å². The number of benzene rings is 2. The number of rotatable bonds is 4. The molecule has 1 heterocycles. The zero-order chi connectivity index (χ0) is 19.2. The minimum Gasteiger partial charge on any atom is -0.368 e. The van der Waals surface area contributed by atoms with Crippen molar-refractivity contribution in [1.29, 1.82) is 5.26 Å². The topological polar surface area (TPSA) is 67.7 Å². The van der Waals surface area contributed by atoms with Crippen molar-refractivity contribution >= 4 is 23.2 Å². The highest BCUT2D eigenvalue weighted by Gasteiger charge is 2.24. The molecule has 0 aromatic heterocycles. The highest BCUT2D eigenvalue weighted by molar-refractivity contribution is 5.97. The zero-order valence-corrected chi connectivity index (χ0v) is 15.3. The molecule has 0 N–H and O–H groups in total. The summed E-state index contributed by atoms with van der Waals surface area (Å²) < 4.78 is 0. The molecule has 138 valence electrons. The Bertz CT molecular complexity index is 835. The molecule has 6 nitrogen and oxygen atoms in total. The largest absolute Gasteiger partial charge is 0.368 e. The van der Waals surface area contributed by atoms with E-state index in [1.54, 1.807) is 29.2 Å². The van der Waals surface area contributed by atoms with Gasteiger partial charge in [-0.2, -0.15) is 5.26 Å². The fourth-order valence-corrected chi connectivity index (χ4v) is 3.19. The first-order valence-electron chi connectivity index (χ1n) is 8.94. The lowest BCUT2D eigenvalue weighted by molar-refractivity contribution is -0.131. The second-order valence-corrected chi connectivity index (χ2v) is 6.47. The van der Waals surface area contributed by atoms with Crippen LogP contribution >= 0.6 is 0 Å². The first-order chi connectivity index (χ1) is 13.1. The number of nitrogens with zero attached hydrogens (tertiary/aromatic N) is 4. The molecule has 0 spiro atoms. The van der Waals surface area contributed by atoms with Crippen molar-refractivity contribution in [1.82, 2.24) is 4.90 Å². The zero-order valence-electron chi connectivity index (χ0n) is 15.3. The summed E-state index contributed by atoms with van der Waals surface area (Å²) in [6.45, 7) is 4.25. The quantitative estimate of drug-likeness (QED) is 0.837. The van der Waals surface area contributed by atoms with E-state index in [1.807, 2.05) is 24.3 Å². The van der Waals surface area contributed by atoms with Crippen LogP contribution in [0.15, 0.2) is 54.6 Å². The first kappa shape index (κ1) is 18.5. The van der Waals surface area contributed by atoms with Crippen LogP contribution < -0.4 is 9.80 Å². The predicted molar refractivity (Wildman–Crippen MR) is 104 cm³/mol. The van der Waals surface area contributed by atoms with E-state index < -0.39 is 0 Å². The Morgan fingerprint density at radius 2 is 1.63 bits per heavy atom. The maximum atomic E-state index is 12.7. The fraction of sp³-hybridized carbons (Fsp3) is 0.286. The molecule has 0 aliphatic carbocycles. The van der Waals surface area contributed by atoms with E-state index in [4.69, 9.17) is 5.26 Å². The van der Waals surface area contributed by atoms with Gasteiger partial charge >= 0.3 is 0 Å². The third kappa shape index (κ3) is 4.45. The van der Waals surface area contributed by atoms with Gasteiger partial charge in [0.2, 0.25) is 11.8 Å². The highest BCUT2D eigenvalue weighted by atomic mass is 16.2. The number of anilines is 2. The van der Waals surface area contributed by atoms with Gasteiger partial charge in [-0.3, -0.25) is 9.59 Å². The van der Waals surface area contributed by atoms with Gasteiger partial charge in [-0.1, -0.05) is 18.2 Å².